The summed E-state index contributed by atoms with van der Waals surface area (Å²) in [4.78, 5) is 13.5. The average Bonchev–Trinajstić information content (AvgIpc) is 2.94. The Labute approximate surface area is 230 Å². The van der Waals surface area contributed by atoms with Crippen LogP contribution in [0.2, 0.25) is 0 Å². The minimum absolute atomic E-state index is 0.0309. The molecule has 0 aromatic heterocycles. The molecule has 0 amide bonds. The number of rotatable bonds is 19. The molecule has 0 unspecified atom stereocenters. The minimum Gasteiger partial charge on any atom is -0.494 e. The van der Waals surface area contributed by atoms with Crippen LogP contribution in [0.15, 0.2) is 60.7 Å². The van der Waals surface area contributed by atoms with Crippen molar-refractivity contribution >= 4 is 16.6 Å². The standard InChI is InChI=1S/C35H48O3/c1-4-6-8-10-11-12-13-18-26-37-31-23-25-32-29(27-31)22-24-33(34(36)28(3)19-15-9-7-5-2)35(32)38-30-20-16-14-17-21-30/h14,16-17,20-25,27-28H,4-13,15,18-19,26H2,1-3H3/t28-/m1/s1. The second-order valence-electron chi connectivity index (χ2n) is 10.7. The number of carbonyl (C=O) groups excluding carboxylic acids is 1. The minimum atomic E-state index is -0.0309. The highest BCUT2D eigenvalue weighted by molar-refractivity contribution is 6.06. The van der Waals surface area contributed by atoms with Gasteiger partial charge in [-0.3, -0.25) is 4.79 Å². The zero-order valence-corrected chi connectivity index (χ0v) is 24.0. The molecule has 0 N–H and O–H groups in total. The Morgan fingerprint density at radius 2 is 1.37 bits per heavy atom. The molecular formula is C35H48O3. The Kier molecular flexibility index (Phi) is 13.2. The van der Waals surface area contributed by atoms with Crippen molar-refractivity contribution in [2.24, 2.45) is 5.92 Å². The molecule has 206 valence electrons. The van der Waals surface area contributed by atoms with Crippen molar-refractivity contribution in [2.45, 2.75) is 104 Å². The molecule has 3 aromatic carbocycles. The largest absolute Gasteiger partial charge is 0.494 e. The van der Waals surface area contributed by atoms with E-state index in [0.29, 0.717) is 11.3 Å². The maximum atomic E-state index is 13.5. The van der Waals surface area contributed by atoms with Gasteiger partial charge in [0.1, 0.15) is 17.2 Å². The van der Waals surface area contributed by atoms with Gasteiger partial charge in [-0.25, -0.2) is 0 Å². The van der Waals surface area contributed by atoms with Crippen molar-refractivity contribution in [3.63, 3.8) is 0 Å². The highest BCUT2D eigenvalue weighted by atomic mass is 16.5. The van der Waals surface area contributed by atoms with E-state index in [1.54, 1.807) is 0 Å². The number of carbonyl (C=O) groups is 1. The number of fused-ring (bicyclic) bond motifs is 1. The van der Waals surface area contributed by atoms with Gasteiger partial charge in [-0.2, -0.15) is 0 Å². The Morgan fingerprint density at radius 3 is 2.08 bits per heavy atom. The van der Waals surface area contributed by atoms with E-state index in [1.807, 2.05) is 61.5 Å². The zero-order chi connectivity index (χ0) is 27.0. The quantitative estimate of drug-likeness (QED) is 0.117. The van der Waals surface area contributed by atoms with Crippen LogP contribution in [-0.2, 0) is 0 Å². The lowest BCUT2D eigenvalue weighted by molar-refractivity contribution is 0.0920. The van der Waals surface area contributed by atoms with E-state index >= 15 is 0 Å². The van der Waals surface area contributed by atoms with Crippen LogP contribution in [0.25, 0.3) is 10.8 Å². The number of ether oxygens (including phenoxy) is 2. The number of unbranched alkanes of at least 4 members (excludes halogenated alkanes) is 10. The number of Topliss-reactive ketones (excluding diaryl/α,β-unsaturated/α-hetero) is 1. The van der Waals surface area contributed by atoms with Gasteiger partial charge < -0.3 is 9.47 Å². The molecule has 0 heterocycles. The Morgan fingerprint density at radius 1 is 0.711 bits per heavy atom. The summed E-state index contributed by atoms with van der Waals surface area (Å²) < 4.78 is 12.5. The number of hydrogen-bond donors (Lipinski definition) is 0. The van der Waals surface area contributed by atoms with Gasteiger partial charge in [0.15, 0.2) is 5.78 Å². The molecule has 0 aliphatic carbocycles. The third kappa shape index (κ3) is 9.49. The second kappa shape index (κ2) is 16.9. The molecule has 0 spiro atoms. The van der Waals surface area contributed by atoms with Gasteiger partial charge in [0.25, 0.3) is 0 Å². The highest BCUT2D eigenvalue weighted by Crippen LogP contribution is 2.37. The van der Waals surface area contributed by atoms with Gasteiger partial charge in [0.05, 0.1) is 12.2 Å². The summed E-state index contributed by atoms with van der Waals surface area (Å²) in [7, 11) is 0. The fraction of sp³-hybridized carbons (Fsp3) is 0.514. The molecule has 1 atom stereocenters. The van der Waals surface area contributed by atoms with E-state index in [9.17, 15) is 4.79 Å². The molecule has 0 bridgehead atoms. The molecule has 0 radical (unpaired) electrons. The summed E-state index contributed by atoms with van der Waals surface area (Å²) in [6.45, 7) is 7.26. The summed E-state index contributed by atoms with van der Waals surface area (Å²) in [5.74, 6) is 2.38. The lowest BCUT2D eigenvalue weighted by Crippen LogP contribution is -2.12. The fourth-order valence-corrected chi connectivity index (χ4v) is 4.98. The van der Waals surface area contributed by atoms with Crippen molar-refractivity contribution in [1.82, 2.24) is 0 Å². The van der Waals surface area contributed by atoms with Crippen molar-refractivity contribution in [2.75, 3.05) is 6.61 Å². The molecule has 0 aliphatic heterocycles. The summed E-state index contributed by atoms with van der Waals surface area (Å²) in [6.07, 6.45) is 15.9. The lowest BCUT2D eigenvalue weighted by Gasteiger charge is -2.17. The van der Waals surface area contributed by atoms with Crippen LogP contribution in [0.3, 0.4) is 0 Å². The molecule has 3 heteroatoms. The van der Waals surface area contributed by atoms with Crippen LogP contribution in [0.1, 0.15) is 115 Å². The van der Waals surface area contributed by atoms with Crippen molar-refractivity contribution in [3.05, 3.63) is 66.2 Å². The summed E-state index contributed by atoms with van der Waals surface area (Å²) in [5, 5.41) is 1.97. The van der Waals surface area contributed by atoms with Crippen LogP contribution < -0.4 is 9.47 Å². The second-order valence-corrected chi connectivity index (χ2v) is 10.7. The molecule has 0 aliphatic rings. The Balaban J connectivity index is 1.69. The van der Waals surface area contributed by atoms with E-state index in [0.717, 1.165) is 48.1 Å². The number of hydrogen-bond acceptors (Lipinski definition) is 3. The first-order valence-electron chi connectivity index (χ1n) is 15.1. The monoisotopic (exact) mass is 516 g/mol. The molecular weight excluding hydrogens is 468 g/mol. The molecule has 3 rings (SSSR count). The predicted octanol–water partition coefficient (Wildman–Crippen LogP) is 10.9. The SMILES string of the molecule is CCCCCCCCCCOc1ccc2c(Oc3ccccc3)c(C(=O)[C@H](C)CCCCCC)ccc2c1. The first-order chi connectivity index (χ1) is 18.6. The third-order valence-corrected chi connectivity index (χ3v) is 7.38. The zero-order valence-electron chi connectivity index (χ0n) is 24.0. The lowest BCUT2D eigenvalue weighted by atomic mass is 9.91. The normalized spacial score (nSPS) is 12.0. The van der Waals surface area contributed by atoms with Gasteiger partial charge in [-0.05, 0) is 54.6 Å². The first-order valence-corrected chi connectivity index (χ1v) is 15.1. The van der Waals surface area contributed by atoms with Crippen molar-refractivity contribution < 1.29 is 14.3 Å². The van der Waals surface area contributed by atoms with E-state index in [2.05, 4.69) is 19.9 Å². The number of ketones is 1. The molecule has 3 nitrogen and oxygen atoms in total. The molecule has 0 saturated carbocycles. The molecule has 38 heavy (non-hydrogen) atoms. The molecule has 0 saturated heterocycles. The Hall–Kier alpha value is -2.81. The smallest absolute Gasteiger partial charge is 0.169 e. The average molecular weight is 517 g/mol. The fourth-order valence-electron chi connectivity index (χ4n) is 4.98. The van der Waals surface area contributed by atoms with E-state index in [-0.39, 0.29) is 11.7 Å². The van der Waals surface area contributed by atoms with Crippen LogP contribution in [-0.4, -0.2) is 12.4 Å². The van der Waals surface area contributed by atoms with Gasteiger partial charge in [-0.1, -0.05) is 116 Å². The topological polar surface area (TPSA) is 35.5 Å². The van der Waals surface area contributed by atoms with Crippen molar-refractivity contribution in [1.29, 1.82) is 0 Å². The van der Waals surface area contributed by atoms with E-state index < -0.39 is 0 Å². The van der Waals surface area contributed by atoms with Crippen LogP contribution in [0.5, 0.6) is 17.2 Å². The first kappa shape index (κ1) is 29.7. The summed E-state index contributed by atoms with van der Waals surface area (Å²) in [6, 6.07) is 19.8. The van der Waals surface area contributed by atoms with E-state index in [4.69, 9.17) is 9.47 Å². The van der Waals surface area contributed by atoms with Crippen LogP contribution >= 0.6 is 0 Å². The van der Waals surface area contributed by atoms with Gasteiger partial charge in [0, 0.05) is 11.3 Å². The number of para-hydroxylation sites is 1. The molecule has 0 fully saturated rings. The number of benzene rings is 3. The van der Waals surface area contributed by atoms with Crippen LogP contribution in [0.4, 0.5) is 0 Å². The van der Waals surface area contributed by atoms with Gasteiger partial charge in [-0.15, -0.1) is 0 Å². The van der Waals surface area contributed by atoms with Crippen molar-refractivity contribution in [3.8, 4) is 17.2 Å². The molecule has 3 aromatic rings. The third-order valence-electron chi connectivity index (χ3n) is 7.38. The highest BCUT2D eigenvalue weighted by Gasteiger charge is 2.22. The van der Waals surface area contributed by atoms with E-state index in [1.165, 1.54) is 64.2 Å². The predicted molar refractivity (Wildman–Crippen MR) is 161 cm³/mol. The summed E-state index contributed by atoms with van der Waals surface area (Å²) >= 11 is 0. The maximum absolute atomic E-state index is 13.5. The Bertz CT molecular complexity index is 1090. The maximum Gasteiger partial charge on any atom is 0.169 e. The summed E-state index contributed by atoms with van der Waals surface area (Å²) in [5.41, 5.74) is 0.664. The van der Waals surface area contributed by atoms with Crippen LogP contribution in [0, 0.1) is 5.92 Å². The van der Waals surface area contributed by atoms with Gasteiger partial charge in [0.2, 0.25) is 0 Å². The van der Waals surface area contributed by atoms with Gasteiger partial charge >= 0.3 is 0 Å².